The molecule has 0 aliphatic rings. The van der Waals surface area contributed by atoms with Gasteiger partial charge in [-0.25, -0.2) is 0 Å². The lowest BCUT2D eigenvalue weighted by Gasteiger charge is -2.15. The minimum absolute atomic E-state index is 0.0651. The Morgan fingerprint density at radius 1 is 0.769 bits per heavy atom. The molecule has 134 valence electrons. The van der Waals surface area contributed by atoms with Gasteiger partial charge < -0.3 is 5.11 Å². The number of aryl methyl sites for hydroxylation is 1. The number of rotatable bonds is 1. The van der Waals surface area contributed by atoms with Crippen LogP contribution in [0.2, 0.25) is 0 Å². The molecular weight excluding hydrogens is 352 g/mol. The molecule has 4 aromatic rings. The largest absolute Gasteiger partial charge is 0.394 e. The SMILES string of the molecule is Cc1c2ccccc2c(CO)c2ccc3ccccc3c12.O=S(=O)(O)O. The van der Waals surface area contributed by atoms with Gasteiger partial charge >= 0.3 is 10.4 Å². The molecule has 0 aliphatic heterocycles. The molecule has 0 aliphatic carbocycles. The van der Waals surface area contributed by atoms with E-state index in [1.807, 2.05) is 6.07 Å². The molecule has 0 fully saturated rings. The molecule has 0 saturated heterocycles. The van der Waals surface area contributed by atoms with E-state index in [2.05, 4.69) is 61.5 Å². The fraction of sp³-hybridized carbons (Fsp3) is 0.100. The van der Waals surface area contributed by atoms with Gasteiger partial charge in [0.2, 0.25) is 0 Å². The van der Waals surface area contributed by atoms with Crippen LogP contribution >= 0.6 is 0 Å². The summed E-state index contributed by atoms with van der Waals surface area (Å²) in [4.78, 5) is 0. The predicted octanol–water partition coefficient (Wildman–Crippen LogP) is 4.29. The van der Waals surface area contributed by atoms with Gasteiger partial charge in [0.15, 0.2) is 0 Å². The van der Waals surface area contributed by atoms with Crippen molar-refractivity contribution in [2.24, 2.45) is 0 Å². The summed E-state index contributed by atoms with van der Waals surface area (Å²) < 4.78 is 31.6. The quantitative estimate of drug-likeness (QED) is 0.264. The van der Waals surface area contributed by atoms with Crippen molar-refractivity contribution in [2.45, 2.75) is 13.5 Å². The van der Waals surface area contributed by atoms with Gasteiger partial charge in [-0.15, -0.1) is 0 Å². The van der Waals surface area contributed by atoms with Crippen LogP contribution in [0.1, 0.15) is 11.1 Å². The summed E-state index contributed by atoms with van der Waals surface area (Å²) in [5.74, 6) is 0. The van der Waals surface area contributed by atoms with E-state index < -0.39 is 10.4 Å². The average Bonchev–Trinajstić information content (AvgIpc) is 2.60. The number of hydrogen-bond donors (Lipinski definition) is 3. The molecule has 4 aromatic carbocycles. The van der Waals surface area contributed by atoms with Crippen molar-refractivity contribution in [3.63, 3.8) is 0 Å². The second-order valence-electron chi connectivity index (χ2n) is 5.96. The lowest BCUT2D eigenvalue weighted by molar-refractivity contribution is 0.285. The van der Waals surface area contributed by atoms with Crippen molar-refractivity contribution >= 4 is 42.7 Å². The van der Waals surface area contributed by atoms with Crippen LogP contribution in [0.5, 0.6) is 0 Å². The van der Waals surface area contributed by atoms with Crippen molar-refractivity contribution in [1.29, 1.82) is 0 Å². The van der Waals surface area contributed by atoms with Crippen LogP contribution in [0.25, 0.3) is 32.3 Å². The van der Waals surface area contributed by atoms with Crippen molar-refractivity contribution in [3.8, 4) is 0 Å². The Kier molecular flexibility index (Phi) is 4.93. The Bertz CT molecular complexity index is 1210. The highest BCUT2D eigenvalue weighted by molar-refractivity contribution is 7.79. The van der Waals surface area contributed by atoms with Crippen molar-refractivity contribution < 1.29 is 22.6 Å². The molecule has 5 nitrogen and oxygen atoms in total. The molecule has 0 atom stereocenters. The second-order valence-corrected chi connectivity index (χ2v) is 6.86. The van der Waals surface area contributed by atoms with Crippen LogP contribution in [-0.2, 0) is 17.0 Å². The normalized spacial score (nSPS) is 11.5. The lowest BCUT2D eigenvalue weighted by atomic mass is 9.90. The summed E-state index contributed by atoms with van der Waals surface area (Å²) in [6.07, 6.45) is 0. The number of hydrogen-bond acceptors (Lipinski definition) is 3. The highest BCUT2D eigenvalue weighted by Gasteiger charge is 2.12. The number of aliphatic hydroxyl groups is 1. The monoisotopic (exact) mass is 370 g/mol. The fourth-order valence-electron chi connectivity index (χ4n) is 3.45. The molecule has 26 heavy (non-hydrogen) atoms. The zero-order chi connectivity index (χ0) is 18.9. The van der Waals surface area contributed by atoms with Crippen LogP contribution in [0.15, 0.2) is 60.7 Å². The first-order chi connectivity index (χ1) is 12.3. The minimum Gasteiger partial charge on any atom is -0.392 e. The van der Waals surface area contributed by atoms with Crippen LogP contribution < -0.4 is 0 Å². The Hall–Kier alpha value is -2.51. The molecule has 0 amide bonds. The molecule has 6 heteroatoms. The first-order valence-corrected chi connectivity index (χ1v) is 9.33. The van der Waals surface area contributed by atoms with E-state index in [4.69, 9.17) is 17.5 Å². The Balaban J connectivity index is 0.000000349. The van der Waals surface area contributed by atoms with E-state index in [1.54, 1.807) is 0 Å². The highest BCUT2D eigenvalue weighted by Crippen LogP contribution is 2.36. The van der Waals surface area contributed by atoms with E-state index in [1.165, 1.54) is 27.1 Å². The molecular formula is C20H18O5S. The van der Waals surface area contributed by atoms with Gasteiger partial charge in [0.25, 0.3) is 0 Å². The van der Waals surface area contributed by atoms with Gasteiger partial charge in [0.05, 0.1) is 6.61 Å². The van der Waals surface area contributed by atoms with Gasteiger partial charge in [0.1, 0.15) is 0 Å². The van der Waals surface area contributed by atoms with Crippen LogP contribution in [0.3, 0.4) is 0 Å². The average molecular weight is 370 g/mol. The van der Waals surface area contributed by atoms with E-state index in [-0.39, 0.29) is 6.61 Å². The van der Waals surface area contributed by atoms with Gasteiger partial charge in [-0.05, 0) is 50.4 Å². The maximum Gasteiger partial charge on any atom is 0.394 e. The summed E-state index contributed by atoms with van der Waals surface area (Å²) in [6, 6.07) is 21.1. The summed E-state index contributed by atoms with van der Waals surface area (Å²) in [5, 5.41) is 17.2. The Labute approximate surface area is 151 Å². The van der Waals surface area contributed by atoms with Crippen molar-refractivity contribution in [1.82, 2.24) is 0 Å². The van der Waals surface area contributed by atoms with E-state index >= 15 is 0 Å². The number of fused-ring (bicyclic) bond motifs is 4. The molecule has 0 spiro atoms. The molecule has 3 N–H and O–H groups in total. The number of benzene rings is 4. The minimum atomic E-state index is -4.67. The molecule has 0 radical (unpaired) electrons. The van der Waals surface area contributed by atoms with Crippen LogP contribution in [0, 0.1) is 6.92 Å². The van der Waals surface area contributed by atoms with E-state index in [0.29, 0.717) is 0 Å². The van der Waals surface area contributed by atoms with Crippen molar-refractivity contribution in [3.05, 3.63) is 71.8 Å². The zero-order valence-electron chi connectivity index (χ0n) is 14.0. The standard InChI is InChI=1S/C20H16O.H2O4S/c1-13-15-7-4-5-9-17(15)19(12-21)18-11-10-14-6-2-3-8-16(14)20(13)18;1-5(2,3)4/h2-11,21H,12H2,1H3;(H2,1,2,3,4). The highest BCUT2D eigenvalue weighted by atomic mass is 32.3. The topological polar surface area (TPSA) is 94.8 Å². The predicted molar refractivity (Wildman–Crippen MR) is 104 cm³/mol. The van der Waals surface area contributed by atoms with E-state index in [0.717, 1.165) is 16.3 Å². The van der Waals surface area contributed by atoms with Crippen LogP contribution in [0.4, 0.5) is 0 Å². The molecule has 0 heterocycles. The Morgan fingerprint density at radius 3 is 1.92 bits per heavy atom. The molecule has 0 bridgehead atoms. The summed E-state index contributed by atoms with van der Waals surface area (Å²) in [5.41, 5.74) is 2.31. The lowest BCUT2D eigenvalue weighted by Crippen LogP contribution is -1.93. The third-order valence-corrected chi connectivity index (χ3v) is 4.44. The fourth-order valence-corrected chi connectivity index (χ4v) is 3.45. The van der Waals surface area contributed by atoms with Gasteiger partial charge in [-0.2, -0.15) is 8.42 Å². The van der Waals surface area contributed by atoms with Gasteiger partial charge in [-0.3, -0.25) is 9.11 Å². The van der Waals surface area contributed by atoms with Crippen molar-refractivity contribution in [2.75, 3.05) is 0 Å². The maximum absolute atomic E-state index is 9.90. The first-order valence-electron chi connectivity index (χ1n) is 7.93. The van der Waals surface area contributed by atoms with Gasteiger partial charge in [-0.1, -0.05) is 60.7 Å². The Morgan fingerprint density at radius 2 is 1.31 bits per heavy atom. The molecule has 0 unspecified atom stereocenters. The molecule has 0 saturated carbocycles. The molecule has 0 aromatic heterocycles. The smallest absolute Gasteiger partial charge is 0.392 e. The second kappa shape index (κ2) is 7.01. The zero-order valence-corrected chi connectivity index (χ0v) is 14.9. The number of aliphatic hydroxyl groups excluding tert-OH is 1. The third-order valence-electron chi connectivity index (χ3n) is 4.44. The summed E-state index contributed by atoms with van der Waals surface area (Å²) in [7, 11) is -4.67. The maximum atomic E-state index is 9.90. The third kappa shape index (κ3) is 3.54. The summed E-state index contributed by atoms with van der Waals surface area (Å²) >= 11 is 0. The van der Waals surface area contributed by atoms with Gasteiger partial charge in [0, 0.05) is 0 Å². The molecule has 4 rings (SSSR count). The summed E-state index contributed by atoms with van der Waals surface area (Å²) in [6.45, 7) is 2.24. The van der Waals surface area contributed by atoms with E-state index in [9.17, 15) is 5.11 Å². The first kappa shape index (κ1) is 18.3. The van der Waals surface area contributed by atoms with Crippen LogP contribution in [-0.4, -0.2) is 22.6 Å².